The molecule has 0 unspecified atom stereocenters. The fraction of sp³-hybridized carbons (Fsp3) is 0.357. The Labute approximate surface area is 130 Å². The van der Waals surface area contributed by atoms with E-state index in [2.05, 4.69) is 15.9 Å². The molecule has 112 valence electrons. The molecule has 0 radical (unpaired) electrons. The molecule has 2 rings (SSSR count). The Bertz CT molecular complexity index is 587. The van der Waals surface area contributed by atoms with Crippen LogP contribution < -0.4 is 4.74 Å². The molecule has 0 bridgehead atoms. The van der Waals surface area contributed by atoms with Gasteiger partial charge in [0.1, 0.15) is 5.75 Å². The number of ether oxygens (including phenoxy) is 2. The van der Waals surface area contributed by atoms with E-state index < -0.39 is 18.5 Å². The lowest BCUT2D eigenvalue weighted by Gasteiger charge is -2.13. The van der Waals surface area contributed by atoms with Gasteiger partial charge in [-0.15, -0.1) is 0 Å². The van der Waals surface area contributed by atoms with E-state index in [9.17, 15) is 14.4 Å². The number of carbonyl (C=O) groups is 3. The van der Waals surface area contributed by atoms with Gasteiger partial charge in [0.05, 0.1) is 12.7 Å². The molecule has 1 aliphatic rings. The number of methoxy groups -OCH3 is 1. The molecule has 0 atom stereocenters. The maximum Gasteiger partial charge on any atom is 0.339 e. The van der Waals surface area contributed by atoms with Crippen LogP contribution in [-0.2, 0) is 14.3 Å². The number of halogens is 1. The molecule has 1 heterocycles. The number of esters is 1. The van der Waals surface area contributed by atoms with E-state index in [0.29, 0.717) is 29.6 Å². The van der Waals surface area contributed by atoms with Gasteiger partial charge in [0.15, 0.2) is 6.61 Å². The van der Waals surface area contributed by atoms with Crippen molar-refractivity contribution in [2.24, 2.45) is 0 Å². The van der Waals surface area contributed by atoms with Crippen LogP contribution in [0.4, 0.5) is 0 Å². The van der Waals surface area contributed by atoms with Crippen molar-refractivity contribution in [2.75, 3.05) is 20.3 Å². The van der Waals surface area contributed by atoms with Crippen LogP contribution in [0.3, 0.4) is 0 Å². The van der Waals surface area contributed by atoms with Gasteiger partial charge in [-0.25, -0.2) is 4.79 Å². The Morgan fingerprint density at radius 1 is 1.38 bits per heavy atom. The minimum Gasteiger partial charge on any atom is -0.497 e. The van der Waals surface area contributed by atoms with E-state index in [-0.39, 0.29) is 11.5 Å². The molecular formula is C14H14BrNO5. The van der Waals surface area contributed by atoms with Crippen molar-refractivity contribution in [1.29, 1.82) is 0 Å². The number of likely N-dealkylation sites (tertiary alicyclic amines) is 1. The summed E-state index contributed by atoms with van der Waals surface area (Å²) in [7, 11) is 1.49. The molecule has 0 aliphatic carbocycles. The first-order valence-corrected chi connectivity index (χ1v) is 7.16. The van der Waals surface area contributed by atoms with Gasteiger partial charge in [0, 0.05) is 17.4 Å². The van der Waals surface area contributed by atoms with Gasteiger partial charge in [-0.3, -0.25) is 14.5 Å². The molecule has 0 N–H and O–H groups in total. The zero-order chi connectivity index (χ0) is 15.4. The second kappa shape index (κ2) is 6.71. The molecule has 0 spiro atoms. The smallest absolute Gasteiger partial charge is 0.339 e. The van der Waals surface area contributed by atoms with E-state index in [1.54, 1.807) is 12.1 Å². The van der Waals surface area contributed by atoms with Crippen molar-refractivity contribution in [3.05, 3.63) is 28.2 Å². The number of rotatable bonds is 4. The monoisotopic (exact) mass is 355 g/mol. The summed E-state index contributed by atoms with van der Waals surface area (Å²) in [6.45, 7) is -0.0632. The molecule has 1 fully saturated rings. The summed E-state index contributed by atoms with van der Waals surface area (Å²) in [6.07, 6.45) is 1.01. The third-order valence-corrected chi connectivity index (χ3v) is 3.79. The highest BCUT2D eigenvalue weighted by molar-refractivity contribution is 9.10. The second-order valence-corrected chi connectivity index (χ2v) is 5.32. The van der Waals surface area contributed by atoms with Crippen LogP contribution in [0.5, 0.6) is 5.75 Å². The summed E-state index contributed by atoms with van der Waals surface area (Å²) in [5.41, 5.74) is 0.259. The molecule has 1 aliphatic heterocycles. The number of nitrogens with zero attached hydrogens (tertiary/aromatic N) is 1. The van der Waals surface area contributed by atoms with Crippen LogP contribution in [0.25, 0.3) is 0 Å². The maximum atomic E-state index is 12.0. The average Bonchev–Trinajstić information content (AvgIpc) is 2.91. The molecule has 2 amide bonds. The third-order valence-electron chi connectivity index (χ3n) is 3.09. The molecule has 6 nitrogen and oxygen atoms in total. The predicted molar refractivity (Wildman–Crippen MR) is 76.9 cm³/mol. The third kappa shape index (κ3) is 3.60. The molecule has 7 heteroatoms. The van der Waals surface area contributed by atoms with Gasteiger partial charge < -0.3 is 9.47 Å². The van der Waals surface area contributed by atoms with Crippen LogP contribution in [0, 0.1) is 0 Å². The van der Waals surface area contributed by atoms with Gasteiger partial charge in [-0.05, 0) is 40.5 Å². The van der Waals surface area contributed by atoms with E-state index in [1.807, 2.05) is 0 Å². The van der Waals surface area contributed by atoms with Crippen molar-refractivity contribution in [3.8, 4) is 5.75 Å². The summed E-state index contributed by atoms with van der Waals surface area (Å²) in [6, 6.07) is 4.86. The Kier molecular flexibility index (Phi) is 4.95. The zero-order valence-corrected chi connectivity index (χ0v) is 13.0. The zero-order valence-electron chi connectivity index (χ0n) is 11.4. The molecule has 0 saturated carbocycles. The van der Waals surface area contributed by atoms with Gasteiger partial charge in [0.25, 0.3) is 5.91 Å². The molecule has 21 heavy (non-hydrogen) atoms. The summed E-state index contributed by atoms with van der Waals surface area (Å²) >= 11 is 3.24. The van der Waals surface area contributed by atoms with Crippen LogP contribution in [-0.4, -0.2) is 42.9 Å². The second-order valence-electron chi connectivity index (χ2n) is 4.46. The summed E-state index contributed by atoms with van der Waals surface area (Å²) in [4.78, 5) is 36.3. The number of carbonyl (C=O) groups excluding carboxylic acids is 3. The van der Waals surface area contributed by atoms with Crippen molar-refractivity contribution in [3.63, 3.8) is 0 Å². The first-order chi connectivity index (χ1) is 10.0. The topological polar surface area (TPSA) is 72.9 Å². The quantitative estimate of drug-likeness (QED) is 0.769. The number of imide groups is 1. The van der Waals surface area contributed by atoms with Crippen molar-refractivity contribution in [1.82, 2.24) is 4.90 Å². The van der Waals surface area contributed by atoms with Crippen LogP contribution in [0.15, 0.2) is 22.7 Å². The number of hydrogen-bond acceptors (Lipinski definition) is 5. The average molecular weight is 356 g/mol. The molecular weight excluding hydrogens is 342 g/mol. The fourth-order valence-corrected chi connectivity index (χ4v) is 2.39. The Balaban J connectivity index is 1.98. The Morgan fingerprint density at radius 2 is 2.14 bits per heavy atom. The lowest BCUT2D eigenvalue weighted by atomic mass is 10.2. The predicted octanol–water partition coefficient (Wildman–Crippen LogP) is 1.76. The van der Waals surface area contributed by atoms with Crippen molar-refractivity contribution in [2.45, 2.75) is 12.8 Å². The maximum absolute atomic E-state index is 12.0. The minimum atomic E-state index is -0.652. The first-order valence-electron chi connectivity index (χ1n) is 6.37. The lowest BCUT2D eigenvalue weighted by Crippen LogP contribution is -2.35. The van der Waals surface area contributed by atoms with Crippen molar-refractivity contribution >= 4 is 33.7 Å². The molecule has 1 saturated heterocycles. The Morgan fingerprint density at radius 3 is 2.76 bits per heavy atom. The lowest BCUT2D eigenvalue weighted by molar-refractivity contribution is -0.143. The number of benzene rings is 1. The largest absolute Gasteiger partial charge is 0.497 e. The van der Waals surface area contributed by atoms with Crippen LogP contribution >= 0.6 is 15.9 Å². The van der Waals surface area contributed by atoms with E-state index >= 15 is 0 Å². The van der Waals surface area contributed by atoms with Gasteiger partial charge in [-0.2, -0.15) is 0 Å². The summed E-state index contributed by atoms with van der Waals surface area (Å²) in [5.74, 6) is -0.865. The summed E-state index contributed by atoms with van der Waals surface area (Å²) in [5, 5.41) is 0. The molecule has 1 aromatic rings. The fourth-order valence-electron chi connectivity index (χ4n) is 1.98. The minimum absolute atomic E-state index is 0.224. The highest BCUT2D eigenvalue weighted by Gasteiger charge is 2.27. The van der Waals surface area contributed by atoms with Gasteiger partial charge in [0.2, 0.25) is 5.91 Å². The molecule has 1 aromatic carbocycles. The van der Waals surface area contributed by atoms with Gasteiger partial charge in [-0.1, -0.05) is 0 Å². The number of amides is 2. The van der Waals surface area contributed by atoms with E-state index in [1.165, 1.54) is 13.2 Å². The first kappa shape index (κ1) is 15.5. The standard InChI is InChI=1S/C14H14BrNO5/c1-20-9-4-5-11(15)10(7-9)14(19)21-8-13(18)16-6-2-3-12(16)17/h4-5,7H,2-3,6,8H2,1H3. The highest BCUT2D eigenvalue weighted by Crippen LogP contribution is 2.23. The van der Waals surface area contributed by atoms with Crippen LogP contribution in [0.2, 0.25) is 0 Å². The van der Waals surface area contributed by atoms with E-state index in [4.69, 9.17) is 9.47 Å². The Hall–Kier alpha value is -1.89. The van der Waals surface area contributed by atoms with E-state index in [0.717, 1.165) is 4.90 Å². The van der Waals surface area contributed by atoms with Crippen molar-refractivity contribution < 1.29 is 23.9 Å². The summed E-state index contributed by atoms with van der Waals surface area (Å²) < 4.78 is 10.5. The SMILES string of the molecule is COc1ccc(Br)c(C(=O)OCC(=O)N2CCCC2=O)c1. The molecule has 0 aromatic heterocycles. The highest BCUT2D eigenvalue weighted by atomic mass is 79.9. The number of hydrogen-bond donors (Lipinski definition) is 0. The normalized spacial score (nSPS) is 14.2. The van der Waals surface area contributed by atoms with Gasteiger partial charge >= 0.3 is 5.97 Å². The van der Waals surface area contributed by atoms with Crippen LogP contribution in [0.1, 0.15) is 23.2 Å².